The van der Waals surface area contributed by atoms with E-state index in [0.29, 0.717) is 32.1 Å². The molecule has 2 aromatic carbocycles. The summed E-state index contributed by atoms with van der Waals surface area (Å²) in [6.07, 6.45) is 1.55. The van der Waals surface area contributed by atoms with Crippen molar-refractivity contribution in [1.29, 1.82) is 0 Å². The van der Waals surface area contributed by atoms with Crippen molar-refractivity contribution in [2.24, 2.45) is 0 Å². The van der Waals surface area contributed by atoms with Crippen molar-refractivity contribution < 1.29 is 23.7 Å². The van der Waals surface area contributed by atoms with Crippen LogP contribution in [0.3, 0.4) is 0 Å². The Labute approximate surface area is 225 Å². The number of carbonyl (C=O) groups is 2. The maximum absolute atomic E-state index is 13.6. The summed E-state index contributed by atoms with van der Waals surface area (Å²) in [4.78, 5) is 43.0. The quantitative estimate of drug-likeness (QED) is 0.268. The van der Waals surface area contributed by atoms with Crippen molar-refractivity contribution in [3.8, 4) is 0 Å². The molecule has 0 spiro atoms. The minimum Gasteiger partial charge on any atom is -0.467 e. The molecule has 2 heterocycles. The Balaban J connectivity index is 1.55. The van der Waals surface area contributed by atoms with Gasteiger partial charge in [0.05, 0.1) is 41.5 Å². The summed E-state index contributed by atoms with van der Waals surface area (Å²) in [5.41, 5.74) is 0.833. The molecule has 0 radical (unpaired) electrons. The summed E-state index contributed by atoms with van der Waals surface area (Å²) >= 11 is 6.28. The maximum atomic E-state index is 13.6. The van der Waals surface area contributed by atoms with E-state index >= 15 is 0 Å². The molecule has 0 bridgehead atoms. The van der Waals surface area contributed by atoms with Crippen LogP contribution in [0.5, 0.6) is 0 Å². The summed E-state index contributed by atoms with van der Waals surface area (Å²) in [6.45, 7) is 3.88. The van der Waals surface area contributed by atoms with Crippen LogP contribution in [0.15, 0.2) is 71.3 Å². The van der Waals surface area contributed by atoms with Gasteiger partial charge in [0, 0.05) is 44.9 Å². The van der Waals surface area contributed by atoms with Gasteiger partial charge in [-0.2, -0.15) is 0 Å². The number of furan rings is 1. The number of benzene rings is 2. The van der Waals surface area contributed by atoms with Gasteiger partial charge in [0.25, 0.3) is 11.6 Å². The second kappa shape index (κ2) is 13.2. The first kappa shape index (κ1) is 27.3. The van der Waals surface area contributed by atoms with E-state index in [0.717, 1.165) is 24.7 Å². The number of nitro benzene ring substituents is 1. The molecule has 3 aromatic rings. The van der Waals surface area contributed by atoms with Crippen molar-refractivity contribution in [2.45, 2.75) is 13.1 Å². The van der Waals surface area contributed by atoms with E-state index in [2.05, 4.69) is 4.90 Å². The number of hydrogen-bond donors (Lipinski definition) is 0. The molecule has 11 heteroatoms. The lowest BCUT2D eigenvalue weighted by molar-refractivity contribution is -0.384. The number of halogens is 1. The number of nitro groups is 1. The number of amides is 2. The van der Waals surface area contributed by atoms with Crippen molar-refractivity contribution >= 4 is 29.1 Å². The third-order valence-electron chi connectivity index (χ3n) is 6.29. The van der Waals surface area contributed by atoms with Gasteiger partial charge < -0.3 is 19.0 Å². The smallest absolute Gasteiger partial charge is 0.270 e. The van der Waals surface area contributed by atoms with E-state index in [1.807, 2.05) is 30.3 Å². The maximum Gasteiger partial charge on any atom is 0.270 e. The lowest BCUT2D eigenvalue weighted by atomic mass is 10.1. The van der Waals surface area contributed by atoms with Crippen LogP contribution in [0.2, 0.25) is 5.02 Å². The molecular weight excluding hydrogens is 512 g/mol. The summed E-state index contributed by atoms with van der Waals surface area (Å²) < 4.78 is 10.9. The van der Waals surface area contributed by atoms with E-state index in [1.165, 1.54) is 17.0 Å². The highest BCUT2D eigenvalue weighted by Crippen LogP contribution is 2.24. The second-order valence-corrected chi connectivity index (χ2v) is 9.32. The monoisotopic (exact) mass is 540 g/mol. The van der Waals surface area contributed by atoms with Crippen LogP contribution in [-0.2, 0) is 22.6 Å². The molecule has 1 aliphatic rings. The number of nitrogens with zero attached hydrogens (tertiary/aromatic N) is 4. The summed E-state index contributed by atoms with van der Waals surface area (Å²) in [7, 11) is 0. The van der Waals surface area contributed by atoms with E-state index in [-0.39, 0.29) is 41.8 Å². The van der Waals surface area contributed by atoms with Crippen LogP contribution in [0.4, 0.5) is 5.69 Å². The Morgan fingerprint density at radius 1 is 1.00 bits per heavy atom. The van der Waals surface area contributed by atoms with Crippen LogP contribution in [0.1, 0.15) is 21.7 Å². The first-order valence-electron chi connectivity index (χ1n) is 12.3. The third-order valence-corrected chi connectivity index (χ3v) is 6.61. The highest BCUT2D eigenvalue weighted by molar-refractivity contribution is 6.34. The molecule has 0 saturated carbocycles. The summed E-state index contributed by atoms with van der Waals surface area (Å²) in [6, 6.07) is 16.8. The van der Waals surface area contributed by atoms with Gasteiger partial charge in [0.2, 0.25) is 5.91 Å². The Morgan fingerprint density at radius 3 is 2.42 bits per heavy atom. The van der Waals surface area contributed by atoms with E-state index in [1.54, 1.807) is 23.3 Å². The van der Waals surface area contributed by atoms with Crippen molar-refractivity contribution in [2.75, 3.05) is 45.9 Å². The largest absolute Gasteiger partial charge is 0.467 e. The Hall–Kier alpha value is -3.73. The SMILES string of the molecule is O=C(CN(CCN1CCOCC1)C(=O)c1ccc([N+](=O)[O-])cc1Cl)N(Cc1ccccc1)Cc1ccco1. The van der Waals surface area contributed by atoms with Crippen LogP contribution in [-0.4, -0.2) is 77.4 Å². The zero-order chi connectivity index (χ0) is 26.9. The van der Waals surface area contributed by atoms with Crippen molar-refractivity contribution in [3.63, 3.8) is 0 Å². The third kappa shape index (κ3) is 7.41. The van der Waals surface area contributed by atoms with E-state index in [9.17, 15) is 19.7 Å². The zero-order valence-electron chi connectivity index (χ0n) is 20.8. The molecule has 2 amide bonds. The number of hydrogen-bond acceptors (Lipinski definition) is 7. The van der Waals surface area contributed by atoms with Gasteiger partial charge >= 0.3 is 0 Å². The first-order valence-corrected chi connectivity index (χ1v) is 12.7. The van der Waals surface area contributed by atoms with Crippen LogP contribution < -0.4 is 0 Å². The average molecular weight is 541 g/mol. The van der Waals surface area contributed by atoms with Gasteiger partial charge in [-0.25, -0.2) is 0 Å². The number of rotatable bonds is 11. The highest BCUT2D eigenvalue weighted by Gasteiger charge is 2.26. The molecule has 0 unspecified atom stereocenters. The number of non-ortho nitro benzene ring substituents is 1. The molecule has 1 fully saturated rings. The lowest BCUT2D eigenvalue weighted by Gasteiger charge is -2.31. The van der Waals surface area contributed by atoms with Crippen LogP contribution in [0.25, 0.3) is 0 Å². The van der Waals surface area contributed by atoms with Crippen LogP contribution >= 0.6 is 11.6 Å². The highest BCUT2D eigenvalue weighted by atomic mass is 35.5. The fourth-order valence-corrected chi connectivity index (χ4v) is 4.45. The molecule has 38 heavy (non-hydrogen) atoms. The summed E-state index contributed by atoms with van der Waals surface area (Å²) in [5.74, 6) is -0.110. The Bertz CT molecular complexity index is 1230. The molecule has 4 rings (SSSR count). The Morgan fingerprint density at radius 2 is 1.76 bits per heavy atom. The van der Waals surface area contributed by atoms with Gasteiger partial charge in [-0.3, -0.25) is 24.6 Å². The lowest BCUT2D eigenvalue weighted by Crippen LogP contribution is -2.47. The Kier molecular flexibility index (Phi) is 9.47. The molecule has 10 nitrogen and oxygen atoms in total. The average Bonchev–Trinajstić information content (AvgIpc) is 3.44. The molecule has 1 saturated heterocycles. The van der Waals surface area contributed by atoms with Gasteiger partial charge in [-0.15, -0.1) is 0 Å². The molecule has 0 aliphatic carbocycles. The molecule has 0 N–H and O–H groups in total. The predicted molar refractivity (Wildman–Crippen MR) is 141 cm³/mol. The summed E-state index contributed by atoms with van der Waals surface area (Å²) in [5, 5.41) is 11.1. The van der Waals surface area contributed by atoms with E-state index < -0.39 is 10.8 Å². The molecule has 0 atom stereocenters. The normalized spacial score (nSPS) is 13.7. The van der Waals surface area contributed by atoms with Gasteiger partial charge in [-0.1, -0.05) is 41.9 Å². The molecular formula is C27H29ClN4O6. The zero-order valence-corrected chi connectivity index (χ0v) is 21.6. The fourth-order valence-electron chi connectivity index (χ4n) is 4.19. The van der Waals surface area contributed by atoms with Gasteiger partial charge in [0.1, 0.15) is 12.3 Å². The van der Waals surface area contributed by atoms with Crippen molar-refractivity contribution in [1.82, 2.24) is 14.7 Å². The van der Waals surface area contributed by atoms with E-state index in [4.69, 9.17) is 20.8 Å². The molecule has 200 valence electrons. The number of carbonyl (C=O) groups excluding carboxylic acids is 2. The molecule has 1 aliphatic heterocycles. The number of ether oxygens (including phenoxy) is 1. The first-order chi connectivity index (χ1) is 18.4. The van der Waals surface area contributed by atoms with Crippen LogP contribution in [0, 0.1) is 10.1 Å². The second-order valence-electron chi connectivity index (χ2n) is 8.92. The predicted octanol–water partition coefficient (Wildman–Crippen LogP) is 3.84. The van der Waals surface area contributed by atoms with Gasteiger partial charge in [0.15, 0.2) is 0 Å². The standard InChI is InChI=1S/C27H29ClN4O6/c28-25-17-22(32(35)36)8-9-24(25)27(34)30(11-10-29-12-15-37-16-13-29)20-26(33)31(19-23-7-4-14-38-23)18-21-5-2-1-3-6-21/h1-9,14,17H,10-13,15-16,18-20H2. The number of morpholine rings is 1. The van der Waals surface area contributed by atoms with Gasteiger partial charge in [-0.05, 0) is 23.8 Å². The molecule has 1 aromatic heterocycles. The minimum absolute atomic E-state index is 0.0373. The van der Waals surface area contributed by atoms with Crippen molar-refractivity contribution in [3.05, 3.63) is 99.0 Å². The fraction of sp³-hybridized carbons (Fsp3) is 0.333. The minimum atomic E-state index is -0.573. The topological polar surface area (TPSA) is 109 Å².